The van der Waals surface area contributed by atoms with Gasteiger partial charge in [-0.1, -0.05) is 13.0 Å². The van der Waals surface area contributed by atoms with Crippen LogP contribution >= 0.6 is 11.8 Å². The Bertz CT molecular complexity index is 934. The summed E-state index contributed by atoms with van der Waals surface area (Å²) in [5.41, 5.74) is 0.946. The van der Waals surface area contributed by atoms with E-state index in [1.165, 1.54) is 11.8 Å². The fourth-order valence-electron chi connectivity index (χ4n) is 4.76. The number of pyridine rings is 1. The zero-order valence-corrected chi connectivity index (χ0v) is 19.0. The lowest BCUT2D eigenvalue weighted by Gasteiger charge is -2.42. The first-order valence-electron chi connectivity index (χ1n) is 10.7. The topological polar surface area (TPSA) is 79.7 Å². The second-order valence-electron chi connectivity index (χ2n) is 8.85. The van der Waals surface area contributed by atoms with E-state index in [4.69, 9.17) is 0 Å². The number of carbonyl (C=O) groups excluding carboxylic acids is 2. The summed E-state index contributed by atoms with van der Waals surface area (Å²) in [6, 6.07) is 3.69. The number of allylic oxidation sites excluding steroid dienone is 1. The predicted octanol–water partition coefficient (Wildman–Crippen LogP) is 3.39. The monoisotopic (exact) mass is 447 g/mol. The number of hydrogen-bond acceptors (Lipinski definition) is 5. The molecule has 3 unspecified atom stereocenters. The molecule has 30 heavy (non-hydrogen) atoms. The Morgan fingerprint density at radius 1 is 1.23 bits per heavy atom. The Balaban J connectivity index is 1.37. The van der Waals surface area contributed by atoms with Gasteiger partial charge in [0.1, 0.15) is 0 Å². The van der Waals surface area contributed by atoms with Gasteiger partial charge in [0, 0.05) is 47.5 Å². The van der Waals surface area contributed by atoms with Crippen LogP contribution in [0.15, 0.2) is 45.4 Å². The molecule has 2 fully saturated rings. The van der Waals surface area contributed by atoms with Gasteiger partial charge in [-0.15, -0.1) is 11.8 Å². The highest BCUT2D eigenvalue weighted by atomic mass is 32.2. The lowest BCUT2D eigenvalue weighted by molar-refractivity contribution is -0.130. The summed E-state index contributed by atoms with van der Waals surface area (Å²) in [6.07, 6.45) is 9.37. The van der Waals surface area contributed by atoms with Gasteiger partial charge >= 0.3 is 0 Å². The summed E-state index contributed by atoms with van der Waals surface area (Å²) < 4.78 is 17.5. The summed E-state index contributed by atoms with van der Waals surface area (Å²) in [4.78, 5) is 32.2. The van der Waals surface area contributed by atoms with Crippen molar-refractivity contribution in [1.82, 2.24) is 9.88 Å². The molecule has 2 saturated heterocycles. The zero-order valence-electron chi connectivity index (χ0n) is 17.4. The van der Waals surface area contributed by atoms with Crippen LogP contribution in [0, 0.1) is 17.8 Å². The molecule has 2 amide bonds. The van der Waals surface area contributed by atoms with E-state index in [0.717, 1.165) is 36.2 Å². The Morgan fingerprint density at radius 2 is 1.93 bits per heavy atom. The smallest absolute Gasteiger partial charge is 0.264 e. The summed E-state index contributed by atoms with van der Waals surface area (Å²) in [5, 5.41) is 0. The van der Waals surface area contributed by atoms with Gasteiger partial charge in [-0.2, -0.15) is 4.36 Å². The number of hydrogen-bond donors (Lipinski definition) is 0. The van der Waals surface area contributed by atoms with Crippen molar-refractivity contribution in [2.75, 3.05) is 30.3 Å². The van der Waals surface area contributed by atoms with Crippen LogP contribution in [0.25, 0.3) is 0 Å². The number of amides is 2. The molecule has 3 atom stereocenters. The molecule has 0 spiro atoms. The second-order valence-corrected chi connectivity index (χ2v) is 12.3. The minimum absolute atomic E-state index is 0.159. The molecular formula is C22H29N3O3S2. The quantitative estimate of drug-likeness (QED) is 0.661. The molecule has 3 heterocycles. The molecule has 0 saturated carbocycles. The molecule has 3 aliphatic rings. The van der Waals surface area contributed by atoms with E-state index in [0.29, 0.717) is 30.5 Å². The van der Waals surface area contributed by atoms with Gasteiger partial charge in [0.05, 0.1) is 15.5 Å². The van der Waals surface area contributed by atoms with Crippen LogP contribution in [0.5, 0.6) is 0 Å². The van der Waals surface area contributed by atoms with Crippen LogP contribution in [-0.2, 0) is 19.3 Å². The van der Waals surface area contributed by atoms with Crippen LogP contribution < -0.4 is 0 Å². The summed E-state index contributed by atoms with van der Waals surface area (Å²) in [6.45, 7) is 3.49. The van der Waals surface area contributed by atoms with Crippen LogP contribution in [0.3, 0.4) is 0 Å². The largest absolute Gasteiger partial charge is 0.338 e. The normalized spacial score (nSPS) is 31.0. The van der Waals surface area contributed by atoms with E-state index in [9.17, 15) is 13.8 Å². The van der Waals surface area contributed by atoms with Gasteiger partial charge in [-0.05, 0) is 55.6 Å². The Kier molecular flexibility index (Phi) is 6.63. The molecule has 8 heteroatoms. The fourth-order valence-corrected chi connectivity index (χ4v) is 8.19. The molecular weight excluding hydrogens is 418 g/mol. The molecule has 1 aromatic heterocycles. The second kappa shape index (κ2) is 9.22. The maximum Gasteiger partial charge on any atom is 0.264 e. The van der Waals surface area contributed by atoms with Crippen molar-refractivity contribution in [3.05, 3.63) is 36.2 Å². The standard InChI is InChI=1S/C22H29N3O3S2/c1-16-2-4-19(5-3-16)22(27)25-11-17-10-18(12-25)15-30(28,14-17)24-21(26)13-29-20-6-8-23-9-7-20/h4,6-9,16-18H,2-3,5,10-15H2,1H3. The SMILES string of the molecule is CC1CC=C(C(=O)N2CC3CC(C2)CS(=O)(=NC(=O)CSc2ccncc2)C3)CC1. The molecule has 2 aliphatic heterocycles. The van der Waals surface area contributed by atoms with E-state index in [1.807, 2.05) is 17.0 Å². The third kappa shape index (κ3) is 5.32. The molecule has 0 aromatic carbocycles. The number of nitrogens with zero attached hydrogens (tertiary/aromatic N) is 3. The minimum atomic E-state index is -2.54. The zero-order chi connectivity index (χ0) is 21.1. The highest BCUT2D eigenvalue weighted by Gasteiger charge is 2.39. The number of aromatic nitrogens is 1. The van der Waals surface area contributed by atoms with Crippen molar-refractivity contribution in [2.45, 2.75) is 37.5 Å². The first-order chi connectivity index (χ1) is 14.4. The summed E-state index contributed by atoms with van der Waals surface area (Å²) in [5.74, 6) is 1.88. The Hall–Kier alpha value is -1.67. The lowest BCUT2D eigenvalue weighted by atomic mass is 9.88. The molecule has 4 rings (SSSR count). The highest BCUT2D eigenvalue weighted by molar-refractivity contribution is 8.00. The van der Waals surface area contributed by atoms with Gasteiger partial charge in [0.15, 0.2) is 0 Å². The first kappa shape index (κ1) is 21.6. The average molecular weight is 448 g/mol. The van der Waals surface area contributed by atoms with Crippen molar-refractivity contribution in [3.63, 3.8) is 0 Å². The molecule has 1 aromatic rings. The first-order valence-corrected chi connectivity index (χ1v) is 13.5. The maximum atomic E-state index is 13.3. The number of likely N-dealkylation sites (tertiary alicyclic amines) is 1. The van der Waals surface area contributed by atoms with E-state index in [2.05, 4.69) is 22.3 Å². The van der Waals surface area contributed by atoms with Gasteiger partial charge in [-0.3, -0.25) is 14.6 Å². The Morgan fingerprint density at radius 3 is 2.57 bits per heavy atom. The van der Waals surface area contributed by atoms with Gasteiger partial charge in [-0.25, -0.2) is 4.21 Å². The predicted molar refractivity (Wildman–Crippen MR) is 120 cm³/mol. The van der Waals surface area contributed by atoms with Gasteiger partial charge < -0.3 is 4.90 Å². The average Bonchev–Trinajstić information content (AvgIpc) is 2.72. The highest BCUT2D eigenvalue weighted by Crippen LogP contribution is 2.33. The van der Waals surface area contributed by atoms with Crippen molar-refractivity contribution < 1.29 is 13.8 Å². The van der Waals surface area contributed by atoms with Crippen LogP contribution in [0.1, 0.15) is 32.6 Å². The molecule has 0 N–H and O–H groups in total. The van der Waals surface area contributed by atoms with Gasteiger partial charge in [0.25, 0.3) is 5.91 Å². The van der Waals surface area contributed by atoms with E-state index in [-0.39, 0.29) is 29.4 Å². The van der Waals surface area contributed by atoms with E-state index in [1.54, 1.807) is 12.4 Å². The summed E-state index contributed by atoms with van der Waals surface area (Å²) >= 11 is 1.39. The number of rotatable bonds is 4. The van der Waals surface area contributed by atoms with E-state index < -0.39 is 9.73 Å². The fraction of sp³-hybridized carbons (Fsp3) is 0.591. The number of piperidine rings is 1. The third-order valence-corrected chi connectivity index (χ3v) is 9.65. The van der Waals surface area contributed by atoms with Crippen molar-refractivity contribution in [1.29, 1.82) is 0 Å². The van der Waals surface area contributed by atoms with Crippen LogP contribution in [0.2, 0.25) is 0 Å². The number of carbonyl (C=O) groups is 2. The molecule has 6 nitrogen and oxygen atoms in total. The van der Waals surface area contributed by atoms with Gasteiger partial charge in [0.2, 0.25) is 5.91 Å². The molecule has 1 aliphatic carbocycles. The van der Waals surface area contributed by atoms with Crippen LogP contribution in [0.4, 0.5) is 0 Å². The third-order valence-electron chi connectivity index (χ3n) is 6.13. The number of fused-ring (bicyclic) bond motifs is 2. The van der Waals surface area contributed by atoms with Crippen molar-refractivity contribution in [2.24, 2.45) is 22.1 Å². The van der Waals surface area contributed by atoms with Crippen LogP contribution in [-0.4, -0.2) is 56.3 Å². The lowest BCUT2D eigenvalue weighted by Crippen LogP contribution is -2.51. The molecule has 2 bridgehead atoms. The summed E-state index contributed by atoms with van der Waals surface area (Å²) in [7, 11) is -2.54. The minimum Gasteiger partial charge on any atom is -0.338 e. The van der Waals surface area contributed by atoms with E-state index >= 15 is 0 Å². The molecule has 0 radical (unpaired) electrons. The van der Waals surface area contributed by atoms with Crippen molar-refractivity contribution >= 4 is 33.3 Å². The van der Waals surface area contributed by atoms with Crippen molar-refractivity contribution in [3.8, 4) is 0 Å². The number of thioether (sulfide) groups is 1. The Labute approximate surface area is 183 Å². The molecule has 162 valence electrons. The maximum absolute atomic E-state index is 13.3.